The molecule has 100 valence electrons. The third-order valence-electron chi connectivity index (χ3n) is 3.26. The molecular formula is C12H26N4O. The van der Waals surface area contributed by atoms with Crippen LogP contribution in [0.4, 0.5) is 0 Å². The molecule has 1 unspecified atom stereocenters. The first kappa shape index (κ1) is 14.3. The lowest BCUT2D eigenvalue weighted by Crippen LogP contribution is -2.49. The first-order valence-corrected chi connectivity index (χ1v) is 6.52. The molecule has 0 aromatic carbocycles. The maximum Gasteiger partial charge on any atom is 0.208 e. The van der Waals surface area contributed by atoms with Crippen molar-refractivity contribution in [3.63, 3.8) is 0 Å². The molecule has 0 aromatic rings. The second kappa shape index (κ2) is 7.50. The van der Waals surface area contributed by atoms with E-state index in [4.69, 9.17) is 10.6 Å². The third-order valence-corrected chi connectivity index (χ3v) is 3.26. The van der Waals surface area contributed by atoms with Crippen molar-refractivity contribution in [1.29, 1.82) is 0 Å². The van der Waals surface area contributed by atoms with Crippen LogP contribution in [0.1, 0.15) is 39.5 Å². The van der Waals surface area contributed by atoms with Crippen LogP contribution < -0.4 is 11.3 Å². The van der Waals surface area contributed by atoms with Gasteiger partial charge in [0.2, 0.25) is 5.96 Å². The Morgan fingerprint density at radius 3 is 2.65 bits per heavy atom. The van der Waals surface area contributed by atoms with Gasteiger partial charge >= 0.3 is 0 Å². The Morgan fingerprint density at radius 1 is 1.53 bits per heavy atom. The Labute approximate surface area is 104 Å². The second-order valence-electron chi connectivity index (χ2n) is 4.63. The van der Waals surface area contributed by atoms with E-state index >= 15 is 0 Å². The quantitative estimate of drug-likeness (QED) is 0.328. The first-order valence-electron chi connectivity index (χ1n) is 6.52. The Balaban J connectivity index is 2.67. The normalized spacial score (nSPS) is 19.4. The highest BCUT2D eigenvalue weighted by atomic mass is 16.5. The van der Waals surface area contributed by atoms with Crippen LogP contribution in [0.15, 0.2) is 4.99 Å². The summed E-state index contributed by atoms with van der Waals surface area (Å²) in [6, 6.07) is 0.714. The fourth-order valence-electron chi connectivity index (χ4n) is 2.48. The Hall–Kier alpha value is -0.810. The topological polar surface area (TPSA) is 62.9 Å². The van der Waals surface area contributed by atoms with Crippen molar-refractivity contribution in [2.45, 2.75) is 51.6 Å². The lowest BCUT2D eigenvalue weighted by Gasteiger charge is -2.30. The lowest BCUT2D eigenvalue weighted by atomic mass is 10.2. The molecule has 0 radical (unpaired) electrons. The number of guanidine groups is 1. The summed E-state index contributed by atoms with van der Waals surface area (Å²) in [6.07, 6.45) is 5.11. The highest BCUT2D eigenvalue weighted by Gasteiger charge is 2.24. The molecule has 1 aliphatic carbocycles. The summed E-state index contributed by atoms with van der Waals surface area (Å²) in [5, 5.41) is 0. The standard InChI is InChI=1S/C12H26N4O/c1-4-16(11-7-5-6-8-11)12(15-13)14-10(2)9-17-3/h10-11H,4-9,13H2,1-3H3,(H,14,15). The number of nitrogens with two attached hydrogens (primary N) is 1. The van der Waals surface area contributed by atoms with Crippen molar-refractivity contribution in [2.75, 3.05) is 20.3 Å². The molecule has 1 aliphatic rings. The molecule has 5 heteroatoms. The lowest BCUT2D eigenvalue weighted by molar-refractivity contribution is 0.184. The summed E-state index contributed by atoms with van der Waals surface area (Å²) in [5.41, 5.74) is 2.74. The Morgan fingerprint density at radius 2 is 2.18 bits per heavy atom. The number of methoxy groups -OCH3 is 1. The summed E-state index contributed by atoms with van der Waals surface area (Å²) < 4.78 is 5.09. The van der Waals surface area contributed by atoms with Gasteiger partial charge in [0, 0.05) is 19.7 Å². The van der Waals surface area contributed by atoms with Crippen molar-refractivity contribution < 1.29 is 4.74 Å². The van der Waals surface area contributed by atoms with E-state index in [1.165, 1.54) is 25.7 Å². The molecule has 1 rings (SSSR count). The predicted octanol–water partition coefficient (Wildman–Crippen LogP) is 1.11. The first-order chi connectivity index (χ1) is 8.22. The summed E-state index contributed by atoms with van der Waals surface area (Å²) in [5.74, 6) is 6.39. The predicted molar refractivity (Wildman–Crippen MR) is 70.7 cm³/mol. The van der Waals surface area contributed by atoms with E-state index in [2.05, 4.69) is 22.2 Å². The van der Waals surface area contributed by atoms with Crippen molar-refractivity contribution in [1.82, 2.24) is 10.3 Å². The number of ether oxygens (including phenoxy) is 1. The molecule has 3 N–H and O–H groups in total. The van der Waals surface area contributed by atoms with E-state index in [-0.39, 0.29) is 6.04 Å². The van der Waals surface area contributed by atoms with Gasteiger partial charge in [0.05, 0.1) is 12.6 Å². The third kappa shape index (κ3) is 4.16. The van der Waals surface area contributed by atoms with Crippen LogP contribution in [0.5, 0.6) is 0 Å². The molecule has 0 aliphatic heterocycles. The average molecular weight is 242 g/mol. The van der Waals surface area contributed by atoms with E-state index in [0.717, 1.165) is 12.5 Å². The maximum atomic E-state index is 5.60. The zero-order valence-electron chi connectivity index (χ0n) is 11.3. The SMILES string of the molecule is CCN(C(=NC(C)COC)NN)C1CCCC1. The highest BCUT2D eigenvalue weighted by molar-refractivity contribution is 5.79. The van der Waals surface area contributed by atoms with Gasteiger partial charge in [-0.3, -0.25) is 5.43 Å². The molecule has 1 fully saturated rings. The number of hydrogen-bond acceptors (Lipinski definition) is 3. The molecule has 0 aromatic heterocycles. The van der Waals surface area contributed by atoms with Gasteiger partial charge in [-0.15, -0.1) is 0 Å². The second-order valence-corrected chi connectivity index (χ2v) is 4.63. The molecule has 17 heavy (non-hydrogen) atoms. The molecule has 0 heterocycles. The maximum absolute atomic E-state index is 5.60. The molecule has 1 atom stereocenters. The summed E-state index contributed by atoms with van der Waals surface area (Å²) in [7, 11) is 1.69. The fraction of sp³-hybridized carbons (Fsp3) is 0.917. The monoisotopic (exact) mass is 242 g/mol. The van der Waals surface area contributed by atoms with Gasteiger partial charge in [-0.2, -0.15) is 0 Å². The average Bonchev–Trinajstić information content (AvgIpc) is 2.82. The molecule has 0 spiro atoms. The van der Waals surface area contributed by atoms with E-state index < -0.39 is 0 Å². The van der Waals surface area contributed by atoms with Crippen LogP contribution in [0.25, 0.3) is 0 Å². The fourth-order valence-corrected chi connectivity index (χ4v) is 2.48. The van der Waals surface area contributed by atoms with Gasteiger partial charge in [0.25, 0.3) is 0 Å². The Bertz CT molecular complexity index is 239. The number of nitrogens with zero attached hydrogens (tertiary/aromatic N) is 2. The molecule has 1 saturated carbocycles. The minimum Gasteiger partial charge on any atom is -0.382 e. The number of nitrogens with one attached hydrogen (secondary N) is 1. The van der Waals surface area contributed by atoms with E-state index in [0.29, 0.717) is 12.6 Å². The molecule has 0 bridgehead atoms. The Kier molecular flexibility index (Phi) is 6.29. The zero-order chi connectivity index (χ0) is 12.7. The van der Waals surface area contributed by atoms with E-state index in [1.54, 1.807) is 7.11 Å². The number of hydrazine groups is 1. The number of aliphatic imine (C=N–C) groups is 1. The van der Waals surface area contributed by atoms with Gasteiger partial charge < -0.3 is 9.64 Å². The van der Waals surface area contributed by atoms with Crippen molar-refractivity contribution >= 4 is 5.96 Å². The van der Waals surface area contributed by atoms with Crippen molar-refractivity contribution in [3.8, 4) is 0 Å². The summed E-state index contributed by atoms with van der Waals surface area (Å²) >= 11 is 0. The molecular weight excluding hydrogens is 216 g/mol. The molecule has 0 saturated heterocycles. The van der Waals surface area contributed by atoms with Crippen LogP contribution in [0.3, 0.4) is 0 Å². The van der Waals surface area contributed by atoms with Crippen LogP contribution in [-0.4, -0.2) is 43.2 Å². The summed E-state index contributed by atoms with van der Waals surface area (Å²) in [6.45, 7) is 5.73. The van der Waals surface area contributed by atoms with Gasteiger partial charge in [-0.1, -0.05) is 12.8 Å². The number of hydrogen-bond donors (Lipinski definition) is 2. The smallest absolute Gasteiger partial charge is 0.208 e. The van der Waals surface area contributed by atoms with E-state index in [9.17, 15) is 0 Å². The molecule has 5 nitrogen and oxygen atoms in total. The van der Waals surface area contributed by atoms with Crippen molar-refractivity contribution in [3.05, 3.63) is 0 Å². The van der Waals surface area contributed by atoms with E-state index in [1.807, 2.05) is 6.92 Å². The van der Waals surface area contributed by atoms with Crippen LogP contribution in [0, 0.1) is 0 Å². The summed E-state index contributed by atoms with van der Waals surface area (Å²) in [4.78, 5) is 6.86. The van der Waals surface area contributed by atoms with Crippen LogP contribution in [0.2, 0.25) is 0 Å². The highest BCUT2D eigenvalue weighted by Crippen LogP contribution is 2.23. The minimum absolute atomic E-state index is 0.126. The van der Waals surface area contributed by atoms with Gasteiger partial charge in [0.1, 0.15) is 0 Å². The van der Waals surface area contributed by atoms with Gasteiger partial charge in [-0.05, 0) is 26.7 Å². The zero-order valence-corrected chi connectivity index (χ0v) is 11.3. The largest absolute Gasteiger partial charge is 0.382 e. The minimum atomic E-state index is 0.126. The number of rotatable bonds is 5. The van der Waals surface area contributed by atoms with Gasteiger partial charge in [-0.25, -0.2) is 10.8 Å². The van der Waals surface area contributed by atoms with Crippen LogP contribution >= 0.6 is 0 Å². The van der Waals surface area contributed by atoms with Crippen molar-refractivity contribution in [2.24, 2.45) is 10.8 Å². The van der Waals surface area contributed by atoms with Gasteiger partial charge in [0.15, 0.2) is 0 Å². The van der Waals surface area contributed by atoms with Crippen LogP contribution in [-0.2, 0) is 4.74 Å². The molecule has 0 amide bonds.